The molecule has 0 atom stereocenters. The van der Waals surface area contributed by atoms with Crippen LogP contribution in [0.15, 0.2) is 191 Å². The van der Waals surface area contributed by atoms with Crippen molar-refractivity contribution in [2.45, 2.75) is 0 Å². The van der Waals surface area contributed by atoms with E-state index in [2.05, 4.69) is 126 Å². The molecule has 0 bridgehead atoms. The lowest BCUT2D eigenvalue weighted by atomic mass is 10.0. The zero-order valence-corrected chi connectivity index (χ0v) is 30.4. The minimum atomic E-state index is 0.565. The highest BCUT2D eigenvalue weighted by Gasteiger charge is 2.20. The van der Waals surface area contributed by atoms with Gasteiger partial charge >= 0.3 is 0 Å². The summed E-state index contributed by atoms with van der Waals surface area (Å²) in [5, 5.41) is 6.67. The van der Waals surface area contributed by atoms with Crippen molar-refractivity contribution in [3.8, 4) is 51.0 Å². The highest BCUT2D eigenvalue weighted by Crippen LogP contribution is 2.40. The van der Waals surface area contributed by atoms with Gasteiger partial charge in [0, 0.05) is 54.6 Å². The zero-order chi connectivity index (χ0) is 37.5. The van der Waals surface area contributed by atoms with Gasteiger partial charge in [0.2, 0.25) is 0 Å². The molecule has 0 saturated heterocycles. The Balaban J connectivity index is 1.01. The number of fused-ring (bicyclic) bond motifs is 9. The first-order valence-corrected chi connectivity index (χ1v) is 19.0. The molecular weight excluding hydrogens is 701 g/mol. The molecule has 0 fully saturated rings. The second-order valence-corrected chi connectivity index (χ2v) is 14.4. The second-order valence-electron chi connectivity index (χ2n) is 14.4. The van der Waals surface area contributed by atoms with Crippen molar-refractivity contribution in [2.75, 3.05) is 0 Å². The maximum Gasteiger partial charge on any atom is 0.166 e. The Morgan fingerprint density at radius 3 is 1.65 bits per heavy atom. The molecule has 6 heteroatoms. The van der Waals surface area contributed by atoms with Crippen LogP contribution in [0.3, 0.4) is 0 Å². The Kier molecular flexibility index (Phi) is 6.83. The summed E-state index contributed by atoms with van der Waals surface area (Å²) in [7, 11) is 0. The third kappa shape index (κ3) is 4.94. The van der Waals surface area contributed by atoms with Crippen molar-refractivity contribution in [2.24, 2.45) is 0 Å². The van der Waals surface area contributed by atoms with Crippen molar-refractivity contribution < 1.29 is 8.83 Å². The molecule has 266 valence electrons. The number of aromatic nitrogens is 4. The van der Waals surface area contributed by atoms with Crippen LogP contribution in [0, 0.1) is 0 Å². The highest BCUT2D eigenvalue weighted by atomic mass is 16.3. The molecule has 4 aromatic heterocycles. The van der Waals surface area contributed by atoms with E-state index in [1.165, 1.54) is 10.8 Å². The lowest BCUT2D eigenvalue weighted by Gasteiger charge is -2.14. The fourth-order valence-electron chi connectivity index (χ4n) is 8.44. The Morgan fingerprint density at radius 1 is 0.333 bits per heavy atom. The van der Waals surface area contributed by atoms with Gasteiger partial charge < -0.3 is 13.4 Å². The summed E-state index contributed by atoms with van der Waals surface area (Å²) in [4.78, 5) is 15.4. The predicted molar refractivity (Wildman–Crippen MR) is 230 cm³/mol. The third-order valence-electron chi connectivity index (χ3n) is 11.1. The fraction of sp³-hybridized carbons (Fsp3) is 0. The first-order chi connectivity index (χ1) is 28.2. The number of benzene rings is 8. The minimum absolute atomic E-state index is 0.565. The van der Waals surface area contributed by atoms with Crippen LogP contribution in [-0.4, -0.2) is 19.5 Å². The highest BCUT2D eigenvalue weighted by molar-refractivity contribution is 6.12. The SMILES string of the molecule is c1ccc(-c2nc(-c3ccc4c(c3)oc3cc(-c5cccc6c5oc5ccccc56)ccc34)nc(-c3ccccc3-n3c4ccccc4c4ccccc43)n2)cc1. The lowest BCUT2D eigenvalue weighted by Crippen LogP contribution is -2.03. The van der Waals surface area contributed by atoms with Gasteiger partial charge in [-0.3, -0.25) is 0 Å². The summed E-state index contributed by atoms with van der Waals surface area (Å²) >= 11 is 0. The molecule has 0 radical (unpaired) electrons. The molecule has 12 rings (SSSR count). The quantitative estimate of drug-likeness (QED) is 0.176. The van der Waals surface area contributed by atoms with E-state index in [1.54, 1.807) is 0 Å². The van der Waals surface area contributed by atoms with E-state index in [9.17, 15) is 0 Å². The van der Waals surface area contributed by atoms with Gasteiger partial charge in [-0.1, -0.05) is 127 Å². The molecule has 0 spiro atoms. The monoisotopic (exact) mass is 730 g/mol. The summed E-state index contributed by atoms with van der Waals surface area (Å²) in [6, 6.07) is 62.6. The van der Waals surface area contributed by atoms with E-state index in [-0.39, 0.29) is 0 Å². The molecule has 6 nitrogen and oxygen atoms in total. The van der Waals surface area contributed by atoms with Gasteiger partial charge in [0.25, 0.3) is 0 Å². The van der Waals surface area contributed by atoms with Gasteiger partial charge in [0.05, 0.1) is 16.7 Å². The van der Waals surface area contributed by atoms with Crippen molar-refractivity contribution >= 4 is 65.7 Å². The van der Waals surface area contributed by atoms with E-state index in [0.29, 0.717) is 17.5 Å². The first kappa shape index (κ1) is 31.5. The van der Waals surface area contributed by atoms with Gasteiger partial charge in [-0.2, -0.15) is 0 Å². The average Bonchev–Trinajstić information content (AvgIpc) is 3.95. The number of hydrogen-bond acceptors (Lipinski definition) is 5. The number of furan rings is 2. The summed E-state index contributed by atoms with van der Waals surface area (Å²) in [6.07, 6.45) is 0. The molecule has 0 amide bonds. The molecule has 12 aromatic rings. The summed E-state index contributed by atoms with van der Waals surface area (Å²) in [6.45, 7) is 0. The summed E-state index contributed by atoms with van der Waals surface area (Å²) in [5.74, 6) is 1.75. The molecule has 0 N–H and O–H groups in total. The van der Waals surface area contributed by atoms with Gasteiger partial charge in [-0.25, -0.2) is 15.0 Å². The van der Waals surface area contributed by atoms with Gasteiger partial charge in [-0.05, 0) is 60.2 Å². The van der Waals surface area contributed by atoms with Crippen LogP contribution in [0.4, 0.5) is 0 Å². The summed E-state index contributed by atoms with van der Waals surface area (Å²) < 4.78 is 15.3. The van der Waals surface area contributed by atoms with Crippen molar-refractivity contribution in [1.82, 2.24) is 19.5 Å². The van der Waals surface area contributed by atoms with E-state index in [4.69, 9.17) is 23.8 Å². The first-order valence-electron chi connectivity index (χ1n) is 19.0. The van der Waals surface area contributed by atoms with Crippen LogP contribution in [0.2, 0.25) is 0 Å². The molecule has 0 aliphatic heterocycles. The maximum absolute atomic E-state index is 6.62. The standard InChI is InChI=1S/C51H30N4O2/c1-2-13-31(14-3-1)49-52-50(54-51(53-49)41-18-6-10-23-44(41)55-42-21-8-4-15-35(42)36-16-5-9-22-43(36)55)33-26-28-39-38-27-25-32(29-46(38)56-47(39)30-33)34-19-12-20-40-37-17-7-11-24-45(37)57-48(34)40/h1-30H. The van der Waals surface area contributed by atoms with Crippen LogP contribution < -0.4 is 0 Å². The van der Waals surface area contributed by atoms with Crippen LogP contribution in [-0.2, 0) is 0 Å². The normalized spacial score (nSPS) is 11.9. The average molecular weight is 731 g/mol. The molecule has 0 aliphatic rings. The number of nitrogens with zero attached hydrogens (tertiary/aromatic N) is 4. The lowest BCUT2D eigenvalue weighted by molar-refractivity contribution is 0.668. The maximum atomic E-state index is 6.62. The van der Waals surface area contributed by atoms with Crippen LogP contribution >= 0.6 is 0 Å². The van der Waals surface area contributed by atoms with Crippen molar-refractivity contribution in [1.29, 1.82) is 0 Å². The minimum Gasteiger partial charge on any atom is -0.456 e. The topological polar surface area (TPSA) is 69.9 Å². The molecule has 0 saturated carbocycles. The van der Waals surface area contributed by atoms with E-state index in [1.807, 2.05) is 60.7 Å². The Labute approximate surface area is 325 Å². The number of rotatable bonds is 5. The Morgan fingerprint density at radius 2 is 0.877 bits per heavy atom. The molecule has 57 heavy (non-hydrogen) atoms. The smallest absolute Gasteiger partial charge is 0.166 e. The van der Waals surface area contributed by atoms with E-state index < -0.39 is 0 Å². The number of hydrogen-bond donors (Lipinski definition) is 0. The molecule has 8 aromatic carbocycles. The summed E-state index contributed by atoms with van der Waals surface area (Å²) in [5.41, 5.74) is 11.3. The van der Waals surface area contributed by atoms with Crippen LogP contribution in [0.1, 0.15) is 0 Å². The molecule has 4 heterocycles. The van der Waals surface area contributed by atoms with E-state index in [0.717, 1.165) is 88.4 Å². The van der Waals surface area contributed by atoms with Crippen LogP contribution in [0.25, 0.3) is 117 Å². The predicted octanol–water partition coefficient (Wildman–Crippen LogP) is 13.4. The van der Waals surface area contributed by atoms with Crippen molar-refractivity contribution in [3.05, 3.63) is 182 Å². The van der Waals surface area contributed by atoms with Crippen molar-refractivity contribution in [3.63, 3.8) is 0 Å². The molecule has 0 aliphatic carbocycles. The largest absolute Gasteiger partial charge is 0.456 e. The van der Waals surface area contributed by atoms with Gasteiger partial charge in [0.1, 0.15) is 22.3 Å². The third-order valence-corrected chi connectivity index (χ3v) is 11.1. The Hall–Kier alpha value is -7.83. The van der Waals surface area contributed by atoms with Crippen LogP contribution in [0.5, 0.6) is 0 Å². The molecule has 0 unspecified atom stereocenters. The number of para-hydroxylation sites is 5. The molecular formula is C51H30N4O2. The fourth-order valence-corrected chi connectivity index (χ4v) is 8.44. The zero-order valence-electron chi connectivity index (χ0n) is 30.4. The Bertz CT molecular complexity index is 3490. The van der Waals surface area contributed by atoms with Gasteiger partial charge in [0.15, 0.2) is 17.5 Å². The second kappa shape index (κ2) is 12.3. The van der Waals surface area contributed by atoms with E-state index >= 15 is 0 Å². The van der Waals surface area contributed by atoms with Gasteiger partial charge in [-0.15, -0.1) is 0 Å².